The molecule has 0 saturated heterocycles. The fourth-order valence-electron chi connectivity index (χ4n) is 0.583. The van der Waals surface area contributed by atoms with Crippen molar-refractivity contribution in [2.75, 3.05) is 12.4 Å². The van der Waals surface area contributed by atoms with E-state index in [0.29, 0.717) is 0 Å². The third-order valence-corrected chi connectivity index (χ3v) is 1.74. The lowest BCUT2D eigenvalue weighted by molar-refractivity contribution is -0.137. The SMILES string of the molecule is O=C(O)CN1C=CSC1. The van der Waals surface area contributed by atoms with E-state index < -0.39 is 5.97 Å². The minimum absolute atomic E-state index is 0.115. The van der Waals surface area contributed by atoms with Crippen molar-refractivity contribution in [1.82, 2.24) is 4.90 Å². The Labute approximate surface area is 57.3 Å². The van der Waals surface area contributed by atoms with Gasteiger partial charge in [0.2, 0.25) is 0 Å². The molecule has 0 amide bonds. The van der Waals surface area contributed by atoms with E-state index in [-0.39, 0.29) is 6.54 Å². The third-order valence-electron chi connectivity index (χ3n) is 0.947. The first kappa shape index (κ1) is 6.48. The van der Waals surface area contributed by atoms with Crippen LogP contribution in [0.25, 0.3) is 0 Å². The average molecular weight is 145 g/mol. The van der Waals surface area contributed by atoms with Gasteiger partial charge in [-0.3, -0.25) is 4.79 Å². The van der Waals surface area contributed by atoms with Crippen LogP contribution in [0.15, 0.2) is 11.6 Å². The Morgan fingerprint density at radius 1 is 1.89 bits per heavy atom. The Morgan fingerprint density at radius 2 is 2.67 bits per heavy atom. The lowest BCUT2D eigenvalue weighted by atomic mass is 10.6. The Kier molecular flexibility index (Phi) is 2.00. The number of nitrogens with zero attached hydrogens (tertiary/aromatic N) is 1. The Morgan fingerprint density at radius 3 is 3.11 bits per heavy atom. The second-order valence-corrected chi connectivity index (χ2v) is 2.59. The molecule has 0 aromatic heterocycles. The van der Waals surface area contributed by atoms with Gasteiger partial charge in [-0.2, -0.15) is 0 Å². The lowest BCUT2D eigenvalue weighted by Crippen LogP contribution is -2.21. The molecular weight excluding hydrogens is 138 g/mol. The predicted molar refractivity (Wildman–Crippen MR) is 35.9 cm³/mol. The normalized spacial score (nSPS) is 16.7. The third kappa shape index (κ3) is 1.97. The number of carboxylic acid groups (broad SMARTS) is 1. The number of carbonyl (C=O) groups is 1. The molecule has 0 saturated carbocycles. The van der Waals surface area contributed by atoms with E-state index in [1.165, 1.54) is 0 Å². The number of aliphatic carboxylic acids is 1. The van der Waals surface area contributed by atoms with Crippen molar-refractivity contribution < 1.29 is 9.90 Å². The van der Waals surface area contributed by atoms with Gasteiger partial charge >= 0.3 is 5.97 Å². The van der Waals surface area contributed by atoms with E-state index in [1.54, 1.807) is 22.9 Å². The van der Waals surface area contributed by atoms with Gasteiger partial charge in [0.15, 0.2) is 0 Å². The zero-order valence-electron chi connectivity index (χ0n) is 4.78. The summed E-state index contributed by atoms with van der Waals surface area (Å²) in [6, 6.07) is 0. The van der Waals surface area contributed by atoms with Crippen LogP contribution >= 0.6 is 11.8 Å². The molecule has 0 spiro atoms. The maximum Gasteiger partial charge on any atom is 0.323 e. The Hall–Kier alpha value is -0.640. The van der Waals surface area contributed by atoms with Crippen molar-refractivity contribution in [3.05, 3.63) is 11.6 Å². The molecule has 1 N–H and O–H groups in total. The van der Waals surface area contributed by atoms with Gasteiger partial charge in [-0.25, -0.2) is 0 Å². The van der Waals surface area contributed by atoms with E-state index in [0.717, 1.165) is 5.88 Å². The van der Waals surface area contributed by atoms with Crippen molar-refractivity contribution in [3.63, 3.8) is 0 Å². The summed E-state index contributed by atoms with van der Waals surface area (Å²) < 4.78 is 0. The van der Waals surface area contributed by atoms with Crippen molar-refractivity contribution in [2.24, 2.45) is 0 Å². The highest BCUT2D eigenvalue weighted by Crippen LogP contribution is 2.13. The minimum Gasteiger partial charge on any atom is -0.480 e. The van der Waals surface area contributed by atoms with Gasteiger partial charge in [0.25, 0.3) is 0 Å². The Bertz CT molecular complexity index is 146. The number of hydrogen-bond acceptors (Lipinski definition) is 3. The molecule has 50 valence electrons. The summed E-state index contributed by atoms with van der Waals surface area (Å²) in [5.74, 6) is -0.00565. The van der Waals surface area contributed by atoms with Crippen LogP contribution in [0.2, 0.25) is 0 Å². The molecule has 4 heteroatoms. The van der Waals surface area contributed by atoms with Gasteiger partial charge in [0.05, 0.1) is 5.88 Å². The molecule has 0 radical (unpaired) electrons. The summed E-state index contributed by atoms with van der Waals surface area (Å²) in [5.41, 5.74) is 0. The molecule has 1 aliphatic heterocycles. The second kappa shape index (κ2) is 2.77. The maximum atomic E-state index is 10.1. The summed E-state index contributed by atoms with van der Waals surface area (Å²) in [6.45, 7) is 0.115. The van der Waals surface area contributed by atoms with Gasteiger partial charge < -0.3 is 10.0 Å². The lowest BCUT2D eigenvalue weighted by Gasteiger charge is -2.09. The first-order valence-corrected chi connectivity index (χ1v) is 3.58. The van der Waals surface area contributed by atoms with Crippen LogP contribution in [-0.2, 0) is 4.79 Å². The molecule has 0 aromatic rings. The van der Waals surface area contributed by atoms with Crippen LogP contribution in [0.5, 0.6) is 0 Å². The number of rotatable bonds is 2. The average Bonchev–Trinajstić information content (AvgIpc) is 2.15. The highest BCUT2D eigenvalue weighted by atomic mass is 32.2. The molecule has 0 aliphatic carbocycles. The monoisotopic (exact) mass is 145 g/mol. The fourth-order valence-corrected chi connectivity index (χ4v) is 1.30. The molecule has 0 aromatic carbocycles. The van der Waals surface area contributed by atoms with Gasteiger partial charge in [-0.1, -0.05) is 0 Å². The zero-order valence-corrected chi connectivity index (χ0v) is 5.60. The molecule has 0 bridgehead atoms. The predicted octanol–water partition coefficient (Wildman–Crippen LogP) is 0.548. The van der Waals surface area contributed by atoms with Crippen LogP contribution in [-0.4, -0.2) is 28.4 Å². The van der Waals surface area contributed by atoms with Crippen LogP contribution < -0.4 is 0 Å². The first-order valence-electron chi connectivity index (χ1n) is 2.53. The molecule has 1 rings (SSSR count). The van der Waals surface area contributed by atoms with E-state index in [1.807, 2.05) is 5.41 Å². The first-order chi connectivity index (χ1) is 4.29. The molecular formula is C5H7NO2S. The highest BCUT2D eigenvalue weighted by Gasteiger charge is 2.07. The molecule has 0 atom stereocenters. The quantitative estimate of drug-likeness (QED) is 0.616. The molecule has 3 nitrogen and oxygen atoms in total. The van der Waals surface area contributed by atoms with E-state index in [2.05, 4.69) is 0 Å². The van der Waals surface area contributed by atoms with Gasteiger partial charge in [-0.15, -0.1) is 11.8 Å². The molecule has 1 heterocycles. The van der Waals surface area contributed by atoms with Crippen molar-refractivity contribution in [2.45, 2.75) is 0 Å². The van der Waals surface area contributed by atoms with Gasteiger partial charge in [-0.05, 0) is 5.41 Å². The molecule has 1 aliphatic rings. The topological polar surface area (TPSA) is 40.5 Å². The fraction of sp³-hybridized carbons (Fsp3) is 0.400. The summed E-state index contributed by atoms with van der Waals surface area (Å²) in [4.78, 5) is 11.8. The zero-order chi connectivity index (χ0) is 6.69. The number of hydrogen-bond donors (Lipinski definition) is 1. The van der Waals surface area contributed by atoms with Crippen LogP contribution in [0, 0.1) is 0 Å². The maximum absolute atomic E-state index is 10.1. The molecule has 0 unspecified atom stereocenters. The van der Waals surface area contributed by atoms with Crippen molar-refractivity contribution in [3.8, 4) is 0 Å². The van der Waals surface area contributed by atoms with E-state index in [4.69, 9.17) is 5.11 Å². The minimum atomic E-state index is -0.776. The summed E-state index contributed by atoms with van der Waals surface area (Å²) in [7, 11) is 0. The van der Waals surface area contributed by atoms with Gasteiger partial charge in [0, 0.05) is 6.20 Å². The van der Waals surface area contributed by atoms with Gasteiger partial charge in [0.1, 0.15) is 6.54 Å². The molecule has 9 heavy (non-hydrogen) atoms. The summed E-state index contributed by atoms with van der Waals surface area (Å²) in [5, 5.41) is 10.2. The van der Waals surface area contributed by atoms with Crippen LogP contribution in [0.4, 0.5) is 0 Å². The van der Waals surface area contributed by atoms with Crippen LogP contribution in [0.1, 0.15) is 0 Å². The van der Waals surface area contributed by atoms with E-state index >= 15 is 0 Å². The van der Waals surface area contributed by atoms with Crippen LogP contribution in [0.3, 0.4) is 0 Å². The van der Waals surface area contributed by atoms with Crippen molar-refractivity contribution >= 4 is 17.7 Å². The highest BCUT2D eigenvalue weighted by molar-refractivity contribution is 8.02. The second-order valence-electron chi connectivity index (χ2n) is 1.72. The number of thioether (sulfide) groups is 1. The summed E-state index contributed by atoms with van der Waals surface area (Å²) in [6.07, 6.45) is 1.79. The van der Waals surface area contributed by atoms with Crippen molar-refractivity contribution in [1.29, 1.82) is 0 Å². The number of carboxylic acids is 1. The van der Waals surface area contributed by atoms with E-state index in [9.17, 15) is 4.79 Å². The summed E-state index contributed by atoms with van der Waals surface area (Å²) >= 11 is 1.61. The smallest absolute Gasteiger partial charge is 0.323 e. The standard InChI is InChI=1S/C5H7NO2S/c7-5(8)3-6-1-2-9-4-6/h1-2H,3-4H2,(H,7,8). The largest absolute Gasteiger partial charge is 0.480 e. The molecule has 0 fully saturated rings. The Balaban J connectivity index is 2.28.